The van der Waals surface area contributed by atoms with Crippen LogP contribution >= 0.6 is 0 Å². The van der Waals surface area contributed by atoms with E-state index in [4.69, 9.17) is 10.5 Å². The minimum Gasteiger partial charge on any atom is -0.497 e. The molecule has 6 heteroatoms. The van der Waals surface area contributed by atoms with Gasteiger partial charge in [-0.05, 0) is 24.3 Å². The van der Waals surface area contributed by atoms with Crippen molar-refractivity contribution in [1.29, 1.82) is 0 Å². The lowest BCUT2D eigenvalue weighted by Gasteiger charge is -2.18. The fourth-order valence-corrected chi connectivity index (χ4v) is 2.81. The number of hydrogen-bond donors (Lipinski definition) is 3. The lowest BCUT2D eigenvalue weighted by molar-refractivity contribution is -0.674. The molecule has 0 radical (unpaired) electrons. The van der Waals surface area contributed by atoms with E-state index < -0.39 is 0 Å². The van der Waals surface area contributed by atoms with E-state index in [0.717, 1.165) is 28.3 Å². The number of aliphatic imine (C=N–C) groups is 1. The Morgan fingerprint density at radius 2 is 2.05 bits per heavy atom. The highest BCUT2D eigenvalue weighted by Gasteiger charge is 2.31. The highest BCUT2D eigenvalue weighted by atomic mass is 16.5. The molecule has 0 fully saturated rings. The smallest absolute Gasteiger partial charge is 0.365 e. The van der Waals surface area contributed by atoms with E-state index >= 15 is 0 Å². The normalized spacial score (nSPS) is 16.8. The number of fused-ring (bicyclic) bond motifs is 3. The van der Waals surface area contributed by atoms with E-state index in [2.05, 4.69) is 25.9 Å². The second-order valence-electron chi connectivity index (χ2n) is 5.15. The molecule has 0 unspecified atom stereocenters. The Kier molecular flexibility index (Phi) is 2.75. The number of nitrogens with one attached hydrogen (secondary N) is 2. The third-order valence-electron chi connectivity index (χ3n) is 3.80. The van der Waals surface area contributed by atoms with Crippen molar-refractivity contribution in [3.63, 3.8) is 0 Å². The Balaban J connectivity index is 1.94. The van der Waals surface area contributed by atoms with Gasteiger partial charge in [0.15, 0.2) is 0 Å². The van der Waals surface area contributed by atoms with Crippen LogP contribution in [0.4, 0.5) is 5.95 Å². The summed E-state index contributed by atoms with van der Waals surface area (Å²) in [5.41, 5.74) is 9.05. The number of anilines is 1. The molecule has 1 aromatic heterocycles. The van der Waals surface area contributed by atoms with Gasteiger partial charge in [0.25, 0.3) is 5.96 Å². The van der Waals surface area contributed by atoms with Gasteiger partial charge in [-0.25, -0.2) is 14.9 Å². The third kappa shape index (κ3) is 1.88. The summed E-state index contributed by atoms with van der Waals surface area (Å²) in [6.45, 7) is 0. The zero-order chi connectivity index (χ0) is 15.1. The van der Waals surface area contributed by atoms with E-state index in [9.17, 15) is 0 Å². The number of nitrogens with two attached hydrogens (primary N) is 1. The molecule has 1 aliphatic rings. The molecule has 110 valence electrons. The van der Waals surface area contributed by atoms with Gasteiger partial charge >= 0.3 is 5.95 Å². The molecule has 4 N–H and O–H groups in total. The van der Waals surface area contributed by atoms with Gasteiger partial charge in [0.05, 0.1) is 7.11 Å². The summed E-state index contributed by atoms with van der Waals surface area (Å²) in [6.07, 6.45) is -0.234. The number of aromatic nitrogens is 2. The van der Waals surface area contributed by atoms with E-state index in [1.807, 2.05) is 42.5 Å². The number of para-hydroxylation sites is 2. The first kappa shape index (κ1) is 12.7. The van der Waals surface area contributed by atoms with Crippen LogP contribution in [-0.4, -0.2) is 18.1 Å². The molecule has 1 aliphatic heterocycles. The molecule has 0 amide bonds. The summed E-state index contributed by atoms with van der Waals surface area (Å²) >= 11 is 0. The molecule has 3 aromatic rings. The Hall–Kier alpha value is -3.02. The number of benzene rings is 2. The van der Waals surface area contributed by atoms with Crippen molar-refractivity contribution in [2.24, 2.45) is 10.7 Å². The highest BCUT2D eigenvalue weighted by Crippen LogP contribution is 2.25. The number of aromatic amines is 1. The Morgan fingerprint density at radius 1 is 1.18 bits per heavy atom. The molecule has 0 spiro atoms. The summed E-state index contributed by atoms with van der Waals surface area (Å²) in [4.78, 5) is 7.90. The largest absolute Gasteiger partial charge is 0.497 e. The van der Waals surface area contributed by atoms with Crippen molar-refractivity contribution >= 4 is 22.9 Å². The van der Waals surface area contributed by atoms with Crippen LogP contribution < -0.4 is 20.4 Å². The number of guanidine groups is 1. The zero-order valence-corrected chi connectivity index (χ0v) is 12.1. The molecule has 2 aromatic carbocycles. The van der Waals surface area contributed by atoms with E-state index in [1.54, 1.807) is 7.11 Å². The first-order chi connectivity index (χ1) is 10.8. The lowest BCUT2D eigenvalue weighted by Crippen LogP contribution is -2.48. The van der Waals surface area contributed by atoms with Crippen molar-refractivity contribution in [3.8, 4) is 5.75 Å². The predicted molar refractivity (Wildman–Crippen MR) is 84.9 cm³/mol. The van der Waals surface area contributed by atoms with E-state index in [0.29, 0.717) is 5.96 Å². The van der Waals surface area contributed by atoms with Crippen LogP contribution in [0.5, 0.6) is 5.75 Å². The molecule has 22 heavy (non-hydrogen) atoms. The summed E-state index contributed by atoms with van der Waals surface area (Å²) < 4.78 is 7.41. The fraction of sp³-hybridized carbons (Fsp3) is 0.125. The van der Waals surface area contributed by atoms with Crippen molar-refractivity contribution in [2.75, 3.05) is 12.4 Å². The number of H-pyrrole nitrogens is 1. The van der Waals surface area contributed by atoms with Gasteiger partial charge in [-0.15, -0.1) is 0 Å². The number of hydrogen-bond acceptors (Lipinski definition) is 4. The third-order valence-corrected chi connectivity index (χ3v) is 3.80. The summed E-state index contributed by atoms with van der Waals surface area (Å²) in [5, 5.41) is 3.08. The van der Waals surface area contributed by atoms with Crippen LogP contribution in [0.1, 0.15) is 11.7 Å². The number of ether oxygens (including phenoxy) is 1. The minimum absolute atomic E-state index is 0.234. The van der Waals surface area contributed by atoms with Crippen LogP contribution in [0.15, 0.2) is 53.5 Å². The number of methoxy groups -OCH3 is 1. The molecule has 0 saturated carbocycles. The van der Waals surface area contributed by atoms with Crippen molar-refractivity contribution < 1.29 is 9.30 Å². The van der Waals surface area contributed by atoms with Crippen LogP contribution in [-0.2, 0) is 0 Å². The van der Waals surface area contributed by atoms with Crippen molar-refractivity contribution in [2.45, 2.75) is 6.17 Å². The summed E-state index contributed by atoms with van der Waals surface area (Å²) in [7, 11) is 1.66. The average molecular weight is 294 g/mol. The predicted octanol–water partition coefficient (Wildman–Crippen LogP) is 1.75. The maximum Gasteiger partial charge on any atom is 0.365 e. The molecule has 4 rings (SSSR count). The van der Waals surface area contributed by atoms with Crippen LogP contribution in [0.2, 0.25) is 0 Å². The van der Waals surface area contributed by atoms with Gasteiger partial charge in [0.2, 0.25) is 6.17 Å². The monoisotopic (exact) mass is 294 g/mol. The fourth-order valence-electron chi connectivity index (χ4n) is 2.81. The number of imidazole rings is 1. The summed E-state index contributed by atoms with van der Waals surface area (Å²) in [5.74, 6) is 2.01. The number of nitrogens with zero attached hydrogens (tertiary/aromatic N) is 2. The van der Waals surface area contributed by atoms with Crippen LogP contribution in [0.3, 0.4) is 0 Å². The number of rotatable bonds is 2. The zero-order valence-electron chi connectivity index (χ0n) is 12.1. The SMILES string of the molecule is COc1cccc([C@H]2N=C(N)Nc3[nH]c4ccccc4[n+]32)c1. The van der Waals surface area contributed by atoms with E-state index in [1.165, 1.54) is 0 Å². The standard InChI is InChI=1S/C16H15N5O/c1-22-11-6-4-5-10(9-11)14-19-15(17)20-16-18-12-7-2-3-8-13(12)21(14)16/h2-9,14H,1H3,(H3,17,18,19,20)/p+1/t14-/m0/s1. The van der Waals surface area contributed by atoms with Gasteiger partial charge in [-0.2, -0.15) is 4.99 Å². The molecule has 0 bridgehead atoms. The van der Waals surface area contributed by atoms with Gasteiger partial charge in [-0.3, -0.25) is 0 Å². The highest BCUT2D eigenvalue weighted by molar-refractivity contribution is 5.92. The summed E-state index contributed by atoms with van der Waals surface area (Å²) in [6, 6.07) is 16.0. The lowest BCUT2D eigenvalue weighted by atomic mass is 10.1. The van der Waals surface area contributed by atoms with Crippen LogP contribution in [0, 0.1) is 0 Å². The molecular weight excluding hydrogens is 278 g/mol. The second-order valence-corrected chi connectivity index (χ2v) is 5.15. The minimum atomic E-state index is -0.234. The van der Waals surface area contributed by atoms with Crippen LogP contribution in [0.25, 0.3) is 11.0 Å². The van der Waals surface area contributed by atoms with Crippen molar-refractivity contribution in [3.05, 3.63) is 54.1 Å². The molecule has 2 heterocycles. The van der Waals surface area contributed by atoms with Gasteiger partial charge in [-0.1, -0.05) is 24.3 Å². The van der Waals surface area contributed by atoms with Gasteiger partial charge in [0, 0.05) is 5.56 Å². The maximum atomic E-state index is 5.94. The molecule has 1 atom stereocenters. The molecule has 0 saturated heterocycles. The maximum absolute atomic E-state index is 5.94. The van der Waals surface area contributed by atoms with E-state index in [-0.39, 0.29) is 6.17 Å². The Morgan fingerprint density at radius 3 is 2.91 bits per heavy atom. The topological polar surface area (TPSA) is 79.3 Å². The average Bonchev–Trinajstić information content (AvgIpc) is 2.92. The molecule has 6 nitrogen and oxygen atoms in total. The first-order valence-electron chi connectivity index (χ1n) is 7.03. The first-order valence-corrected chi connectivity index (χ1v) is 7.03. The molecular formula is C16H16N5O+. The Bertz CT molecular complexity index is 883. The second kappa shape index (κ2) is 4.77. The molecule has 0 aliphatic carbocycles. The Labute approximate surface area is 127 Å². The van der Waals surface area contributed by atoms with Gasteiger partial charge < -0.3 is 10.5 Å². The van der Waals surface area contributed by atoms with Crippen molar-refractivity contribution in [1.82, 2.24) is 4.98 Å². The van der Waals surface area contributed by atoms with Gasteiger partial charge in [0.1, 0.15) is 16.8 Å². The quantitative estimate of drug-likeness (QED) is 0.630.